The lowest BCUT2D eigenvalue weighted by Gasteiger charge is -2.37. The van der Waals surface area contributed by atoms with Gasteiger partial charge in [0.15, 0.2) is 0 Å². The molecule has 1 N–H and O–H groups in total. The Morgan fingerprint density at radius 3 is 2.68 bits per heavy atom. The molecule has 19 heavy (non-hydrogen) atoms. The number of carbonyl (C=O) groups excluding carboxylic acids is 1. The predicted molar refractivity (Wildman–Crippen MR) is 71.5 cm³/mol. The van der Waals surface area contributed by atoms with Crippen molar-refractivity contribution in [1.29, 1.82) is 0 Å². The fourth-order valence-electron chi connectivity index (χ4n) is 2.74. The van der Waals surface area contributed by atoms with Crippen LogP contribution >= 0.6 is 0 Å². The monoisotopic (exact) mass is 266 g/mol. The zero-order chi connectivity index (χ0) is 13.8. The van der Waals surface area contributed by atoms with E-state index < -0.39 is 5.97 Å². The van der Waals surface area contributed by atoms with Gasteiger partial charge in [0, 0.05) is 25.3 Å². The van der Waals surface area contributed by atoms with Crippen LogP contribution in [0.4, 0.5) is 0 Å². The molecule has 2 rings (SSSR count). The molecule has 0 saturated carbocycles. The van der Waals surface area contributed by atoms with Crippen molar-refractivity contribution in [3.8, 4) is 0 Å². The Morgan fingerprint density at radius 1 is 1.42 bits per heavy atom. The molecular weight excluding hydrogens is 244 g/mol. The van der Waals surface area contributed by atoms with E-state index >= 15 is 0 Å². The molecule has 0 radical (unpaired) electrons. The molecule has 106 valence electrons. The van der Waals surface area contributed by atoms with Crippen LogP contribution in [0.15, 0.2) is 11.8 Å². The molecule has 5 heteroatoms. The molecule has 1 aliphatic heterocycles. The van der Waals surface area contributed by atoms with Crippen molar-refractivity contribution in [2.45, 2.75) is 32.6 Å². The van der Waals surface area contributed by atoms with Gasteiger partial charge in [-0.2, -0.15) is 0 Å². The Balaban J connectivity index is 1.84. The van der Waals surface area contributed by atoms with Gasteiger partial charge in [0.05, 0.1) is 12.5 Å². The van der Waals surface area contributed by atoms with Crippen molar-refractivity contribution in [2.75, 3.05) is 26.2 Å². The van der Waals surface area contributed by atoms with Gasteiger partial charge in [0.2, 0.25) is 5.91 Å². The summed E-state index contributed by atoms with van der Waals surface area (Å²) in [5.74, 6) is -0.956. The van der Waals surface area contributed by atoms with E-state index in [1.54, 1.807) is 0 Å². The van der Waals surface area contributed by atoms with Crippen LogP contribution in [0.1, 0.15) is 32.6 Å². The third-order valence-electron chi connectivity index (χ3n) is 3.90. The Hall–Kier alpha value is -1.36. The molecule has 2 aliphatic rings. The summed E-state index contributed by atoms with van der Waals surface area (Å²) in [5.41, 5.74) is 1.15. The van der Waals surface area contributed by atoms with Crippen molar-refractivity contribution in [3.05, 3.63) is 11.8 Å². The molecule has 0 aromatic heterocycles. The molecule has 0 atom stereocenters. The van der Waals surface area contributed by atoms with Crippen LogP contribution in [0.25, 0.3) is 0 Å². The number of hydrogen-bond donors (Lipinski definition) is 1. The maximum absolute atomic E-state index is 12.2. The minimum Gasteiger partial charge on any atom is -0.481 e. The summed E-state index contributed by atoms with van der Waals surface area (Å²) < 4.78 is 0. The summed E-state index contributed by atoms with van der Waals surface area (Å²) in [7, 11) is 0. The number of nitrogens with zero attached hydrogens (tertiary/aromatic N) is 2. The highest BCUT2D eigenvalue weighted by molar-refractivity contribution is 5.80. The largest absolute Gasteiger partial charge is 0.481 e. The average molecular weight is 266 g/mol. The first-order valence-corrected chi connectivity index (χ1v) is 7.06. The molecule has 0 aromatic rings. The Kier molecular flexibility index (Phi) is 4.58. The van der Waals surface area contributed by atoms with E-state index in [4.69, 9.17) is 5.11 Å². The SMILES string of the molecule is CCN(C(=O)CN1CC(C(=O)O)C1)C1=CCCCC1. The number of allylic oxidation sites excluding steroid dienone is 2. The fraction of sp³-hybridized carbons (Fsp3) is 0.714. The van der Waals surface area contributed by atoms with Gasteiger partial charge in [0.25, 0.3) is 0 Å². The molecule has 1 heterocycles. The van der Waals surface area contributed by atoms with Gasteiger partial charge in [-0.3, -0.25) is 14.5 Å². The van der Waals surface area contributed by atoms with Crippen molar-refractivity contribution in [3.63, 3.8) is 0 Å². The maximum atomic E-state index is 12.2. The van der Waals surface area contributed by atoms with Crippen LogP contribution in [-0.4, -0.2) is 53.0 Å². The van der Waals surface area contributed by atoms with E-state index in [1.165, 1.54) is 6.42 Å². The summed E-state index contributed by atoms with van der Waals surface area (Å²) >= 11 is 0. The molecule has 0 aromatic carbocycles. The quantitative estimate of drug-likeness (QED) is 0.815. The molecule has 0 spiro atoms. The summed E-state index contributed by atoms with van der Waals surface area (Å²) in [6.45, 7) is 4.02. The smallest absolute Gasteiger partial charge is 0.309 e. The van der Waals surface area contributed by atoms with E-state index in [0.717, 1.165) is 25.0 Å². The highest BCUT2D eigenvalue weighted by atomic mass is 16.4. The van der Waals surface area contributed by atoms with E-state index in [2.05, 4.69) is 6.08 Å². The molecule has 1 saturated heterocycles. The number of amides is 1. The lowest BCUT2D eigenvalue weighted by atomic mass is 10.0. The second-order valence-electron chi connectivity index (χ2n) is 5.31. The Morgan fingerprint density at radius 2 is 2.16 bits per heavy atom. The van der Waals surface area contributed by atoms with Crippen LogP contribution in [0.5, 0.6) is 0 Å². The van der Waals surface area contributed by atoms with Crippen LogP contribution in [-0.2, 0) is 9.59 Å². The summed E-state index contributed by atoms with van der Waals surface area (Å²) in [6.07, 6.45) is 6.57. The second-order valence-corrected chi connectivity index (χ2v) is 5.31. The second kappa shape index (κ2) is 6.19. The van der Waals surface area contributed by atoms with Crippen LogP contribution in [0, 0.1) is 5.92 Å². The first kappa shape index (κ1) is 14.1. The molecule has 1 fully saturated rings. The van der Waals surface area contributed by atoms with Gasteiger partial charge in [-0.25, -0.2) is 0 Å². The van der Waals surface area contributed by atoms with E-state index in [9.17, 15) is 9.59 Å². The maximum Gasteiger partial charge on any atom is 0.309 e. The van der Waals surface area contributed by atoms with Crippen molar-refractivity contribution in [1.82, 2.24) is 9.80 Å². The van der Waals surface area contributed by atoms with Crippen LogP contribution in [0.2, 0.25) is 0 Å². The number of hydrogen-bond acceptors (Lipinski definition) is 3. The molecule has 1 amide bonds. The Labute approximate surface area is 113 Å². The fourth-order valence-corrected chi connectivity index (χ4v) is 2.74. The third-order valence-corrected chi connectivity index (χ3v) is 3.90. The van der Waals surface area contributed by atoms with Gasteiger partial charge in [-0.1, -0.05) is 6.08 Å². The van der Waals surface area contributed by atoms with Crippen molar-refractivity contribution < 1.29 is 14.7 Å². The number of rotatable bonds is 5. The highest BCUT2D eigenvalue weighted by Gasteiger charge is 2.34. The average Bonchev–Trinajstić information content (AvgIpc) is 2.35. The molecule has 5 nitrogen and oxygen atoms in total. The number of carboxylic acids is 1. The van der Waals surface area contributed by atoms with E-state index in [0.29, 0.717) is 26.2 Å². The van der Waals surface area contributed by atoms with Crippen LogP contribution in [0.3, 0.4) is 0 Å². The standard InChI is InChI=1S/C14H22N2O3/c1-2-16(12-6-4-3-5-7-12)13(17)10-15-8-11(9-15)14(18)19/h6,11H,2-5,7-10H2,1H3,(H,18,19). The summed E-state index contributed by atoms with van der Waals surface area (Å²) in [5, 5.41) is 8.81. The zero-order valence-electron chi connectivity index (χ0n) is 11.5. The van der Waals surface area contributed by atoms with Gasteiger partial charge in [-0.05, 0) is 32.6 Å². The predicted octanol–water partition coefficient (Wildman–Crippen LogP) is 1.31. The lowest BCUT2D eigenvalue weighted by Crippen LogP contribution is -2.53. The molecular formula is C14H22N2O3. The van der Waals surface area contributed by atoms with E-state index in [-0.39, 0.29) is 11.8 Å². The number of aliphatic carboxylic acids is 1. The summed E-state index contributed by atoms with van der Waals surface area (Å²) in [4.78, 5) is 26.7. The Bertz CT molecular complexity index is 386. The number of likely N-dealkylation sites (N-methyl/N-ethyl adjacent to an activating group) is 1. The van der Waals surface area contributed by atoms with Crippen molar-refractivity contribution in [2.24, 2.45) is 5.92 Å². The zero-order valence-corrected chi connectivity index (χ0v) is 11.5. The molecule has 1 aliphatic carbocycles. The topological polar surface area (TPSA) is 60.9 Å². The first-order chi connectivity index (χ1) is 9.11. The minimum atomic E-state index is -0.758. The van der Waals surface area contributed by atoms with E-state index in [1.807, 2.05) is 16.7 Å². The molecule has 0 unspecified atom stereocenters. The van der Waals surface area contributed by atoms with Gasteiger partial charge >= 0.3 is 5.97 Å². The van der Waals surface area contributed by atoms with Crippen molar-refractivity contribution >= 4 is 11.9 Å². The highest BCUT2D eigenvalue weighted by Crippen LogP contribution is 2.22. The summed E-state index contributed by atoms with van der Waals surface area (Å²) in [6, 6.07) is 0. The van der Waals surface area contributed by atoms with Gasteiger partial charge in [-0.15, -0.1) is 0 Å². The van der Waals surface area contributed by atoms with Crippen LogP contribution < -0.4 is 0 Å². The number of carboxylic acid groups (broad SMARTS) is 1. The third kappa shape index (κ3) is 3.35. The van der Waals surface area contributed by atoms with Gasteiger partial charge in [0.1, 0.15) is 0 Å². The number of carbonyl (C=O) groups is 2. The minimum absolute atomic E-state index is 0.0967. The molecule has 0 bridgehead atoms. The lowest BCUT2D eigenvalue weighted by molar-refractivity contribution is -0.149. The normalized spacial score (nSPS) is 20.6. The van der Waals surface area contributed by atoms with Gasteiger partial charge < -0.3 is 10.0 Å². The number of likely N-dealkylation sites (tertiary alicyclic amines) is 1. The first-order valence-electron chi connectivity index (χ1n) is 7.06.